The Morgan fingerprint density at radius 2 is 1.37 bits per heavy atom. The van der Waals surface area contributed by atoms with Crippen LogP contribution in [-0.4, -0.2) is 37.2 Å². The molecule has 2 aliphatic heterocycles. The Kier molecular flexibility index (Phi) is 8.86. The van der Waals surface area contributed by atoms with Crippen molar-refractivity contribution in [3.8, 4) is 16.9 Å². The van der Waals surface area contributed by atoms with E-state index in [1.165, 1.54) is 20.1 Å². The van der Waals surface area contributed by atoms with Gasteiger partial charge in [0.25, 0.3) is 0 Å². The lowest BCUT2D eigenvalue weighted by Gasteiger charge is -2.30. The van der Waals surface area contributed by atoms with Crippen LogP contribution in [0.4, 0.5) is 50.0 Å². The number of hydrogen-bond donors (Lipinski definition) is 0. The van der Waals surface area contributed by atoms with Crippen molar-refractivity contribution < 1.29 is 53.8 Å². The highest BCUT2D eigenvalue weighted by atomic mass is 19.4. The summed E-state index contributed by atoms with van der Waals surface area (Å²) in [5.74, 6) is 0.348. The van der Waals surface area contributed by atoms with Crippen molar-refractivity contribution in [1.82, 2.24) is 4.90 Å². The topological polar surface area (TPSA) is 42.0 Å². The van der Waals surface area contributed by atoms with Crippen LogP contribution in [0.1, 0.15) is 60.1 Å². The minimum absolute atomic E-state index is 0.0217. The second-order valence-electron chi connectivity index (χ2n) is 11.3. The van der Waals surface area contributed by atoms with E-state index in [0.717, 1.165) is 55.1 Å². The SMILES string of the molecule is COc1ccc(N2CCCCC2)cc1-c1ccc(C(F)(F)F)cc1CN1C(=O)O[C@H](c2cc(C(F)(F)F)cc(C(F)(F)F)c2)[C@@H]1C. The Labute approximate surface area is 258 Å². The molecule has 0 N–H and O–H groups in total. The molecule has 0 bridgehead atoms. The predicted octanol–water partition coefficient (Wildman–Crippen LogP) is 9.49. The zero-order valence-electron chi connectivity index (χ0n) is 24.6. The van der Waals surface area contributed by atoms with Gasteiger partial charge in [-0.05, 0) is 91.4 Å². The number of piperidine rings is 1. The van der Waals surface area contributed by atoms with Crippen molar-refractivity contribution in [2.45, 2.75) is 63.4 Å². The van der Waals surface area contributed by atoms with Crippen LogP contribution in [0, 0.1) is 0 Å². The van der Waals surface area contributed by atoms with Crippen LogP contribution in [0.25, 0.3) is 11.1 Å². The summed E-state index contributed by atoms with van der Waals surface area (Å²) in [6.07, 6.45) is -14.7. The van der Waals surface area contributed by atoms with Gasteiger partial charge in [0.05, 0.1) is 36.4 Å². The lowest BCUT2D eigenvalue weighted by atomic mass is 9.94. The summed E-state index contributed by atoms with van der Waals surface area (Å²) in [6, 6.07) is 8.07. The maximum absolute atomic E-state index is 13.9. The lowest BCUT2D eigenvalue weighted by molar-refractivity contribution is -0.143. The number of cyclic esters (lactones) is 1. The Balaban J connectivity index is 1.55. The predicted molar refractivity (Wildman–Crippen MR) is 150 cm³/mol. The molecule has 0 spiro atoms. The molecule has 0 unspecified atom stereocenters. The molecule has 2 atom stereocenters. The standard InChI is InChI=1S/C32H29F9N2O3/c1-18-28(19-12-22(31(36,37)38)15-23(13-19)32(39,40)41)46-29(44)43(18)17-20-14-21(30(33,34)35)6-8-25(20)26-16-24(7-9-27(26)45-2)42-10-4-3-5-11-42/h6-9,12-16,18,28H,3-5,10-11,17H2,1-2H3/t18-,28-/m0/s1. The fourth-order valence-corrected chi connectivity index (χ4v) is 5.91. The number of methoxy groups -OCH3 is 1. The number of hydrogen-bond acceptors (Lipinski definition) is 4. The minimum Gasteiger partial charge on any atom is -0.496 e. The quantitative estimate of drug-likeness (QED) is 0.247. The van der Waals surface area contributed by atoms with Gasteiger partial charge >= 0.3 is 24.6 Å². The van der Waals surface area contributed by atoms with Crippen LogP contribution in [0.3, 0.4) is 0 Å². The van der Waals surface area contributed by atoms with E-state index in [1.54, 1.807) is 12.1 Å². The van der Waals surface area contributed by atoms with E-state index in [0.29, 0.717) is 29.0 Å². The summed E-state index contributed by atoms with van der Waals surface area (Å²) in [5.41, 5.74) is -3.15. The molecule has 0 aromatic heterocycles. The second-order valence-corrected chi connectivity index (χ2v) is 11.3. The smallest absolute Gasteiger partial charge is 0.416 e. The van der Waals surface area contributed by atoms with Crippen LogP contribution in [0.5, 0.6) is 5.75 Å². The maximum atomic E-state index is 13.9. The van der Waals surface area contributed by atoms with E-state index in [4.69, 9.17) is 9.47 Å². The van der Waals surface area contributed by atoms with Crippen LogP contribution < -0.4 is 9.64 Å². The first-order valence-corrected chi connectivity index (χ1v) is 14.4. The van der Waals surface area contributed by atoms with Gasteiger partial charge in [-0.25, -0.2) is 4.79 Å². The fourth-order valence-electron chi connectivity index (χ4n) is 5.91. The molecule has 5 nitrogen and oxygen atoms in total. The third-order valence-corrected chi connectivity index (χ3v) is 8.30. The van der Waals surface area contributed by atoms with E-state index >= 15 is 0 Å². The van der Waals surface area contributed by atoms with Crippen LogP contribution >= 0.6 is 0 Å². The summed E-state index contributed by atoms with van der Waals surface area (Å²) in [5, 5.41) is 0. The number of amides is 1. The molecule has 2 aliphatic rings. The van der Waals surface area contributed by atoms with Gasteiger partial charge < -0.3 is 14.4 Å². The molecule has 0 saturated carbocycles. The molecule has 2 heterocycles. The normalized spacial score (nSPS) is 19.4. The number of halogens is 9. The number of benzene rings is 3. The molecule has 2 fully saturated rings. The first-order valence-electron chi connectivity index (χ1n) is 14.4. The van der Waals surface area contributed by atoms with Gasteiger partial charge in [0.1, 0.15) is 11.9 Å². The molecular formula is C32H29F9N2O3. The molecule has 2 saturated heterocycles. The number of ether oxygens (including phenoxy) is 2. The summed E-state index contributed by atoms with van der Waals surface area (Å²) in [6.45, 7) is 2.43. The van der Waals surface area contributed by atoms with Gasteiger partial charge in [-0.15, -0.1) is 0 Å². The van der Waals surface area contributed by atoms with Gasteiger partial charge in [0.15, 0.2) is 0 Å². The summed E-state index contributed by atoms with van der Waals surface area (Å²) in [7, 11) is 1.40. The minimum atomic E-state index is -5.13. The van der Waals surface area contributed by atoms with E-state index < -0.39 is 65.6 Å². The van der Waals surface area contributed by atoms with E-state index in [1.807, 2.05) is 6.07 Å². The molecule has 0 radical (unpaired) electrons. The molecule has 5 rings (SSSR count). The maximum Gasteiger partial charge on any atom is 0.416 e. The Bertz CT molecular complexity index is 1560. The molecule has 14 heteroatoms. The number of carbonyl (C=O) groups excluding carboxylic acids is 1. The van der Waals surface area contributed by atoms with E-state index in [-0.39, 0.29) is 11.6 Å². The molecule has 1 amide bonds. The highest BCUT2D eigenvalue weighted by Crippen LogP contribution is 2.43. The van der Waals surface area contributed by atoms with Crippen molar-refractivity contribution in [2.24, 2.45) is 0 Å². The fraction of sp³-hybridized carbons (Fsp3) is 0.406. The first-order chi connectivity index (χ1) is 21.5. The van der Waals surface area contributed by atoms with Crippen LogP contribution in [0.2, 0.25) is 0 Å². The molecule has 0 aliphatic carbocycles. The average Bonchev–Trinajstić information content (AvgIpc) is 3.28. The van der Waals surface area contributed by atoms with Gasteiger partial charge in [0, 0.05) is 24.3 Å². The second kappa shape index (κ2) is 12.3. The van der Waals surface area contributed by atoms with Gasteiger partial charge in [-0.1, -0.05) is 6.07 Å². The van der Waals surface area contributed by atoms with Gasteiger partial charge in [0.2, 0.25) is 0 Å². The highest BCUT2D eigenvalue weighted by molar-refractivity contribution is 5.78. The van der Waals surface area contributed by atoms with Crippen molar-refractivity contribution in [2.75, 3.05) is 25.1 Å². The molecule has 248 valence electrons. The van der Waals surface area contributed by atoms with Crippen LogP contribution in [-0.2, 0) is 29.8 Å². The molecule has 3 aromatic carbocycles. The largest absolute Gasteiger partial charge is 0.496 e. The van der Waals surface area contributed by atoms with E-state index in [9.17, 15) is 44.3 Å². The lowest BCUT2D eigenvalue weighted by Crippen LogP contribution is -2.32. The number of nitrogens with zero attached hydrogens (tertiary/aromatic N) is 2. The molecule has 46 heavy (non-hydrogen) atoms. The molecule has 3 aromatic rings. The van der Waals surface area contributed by atoms with Gasteiger partial charge in [-0.3, -0.25) is 4.90 Å². The van der Waals surface area contributed by atoms with Crippen LogP contribution in [0.15, 0.2) is 54.6 Å². The molecular weight excluding hydrogens is 631 g/mol. The third-order valence-electron chi connectivity index (χ3n) is 8.30. The van der Waals surface area contributed by atoms with Crippen molar-refractivity contribution in [1.29, 1.82) is 0 Å². The first kappa shape index (κ1) is 33.3. The summed E-state index contributed by atoms with van der Waals surface area (Å²) >= 11 is 0. The Morgan fingerprint density at radius 3 is 1.93 bits per heavy atom. The van der Waals surface area contributed by atoms with Crippen molar-refractivity contribution in [3.05, 3.63) is 82.4 Å². The number of rotatable bonds is 6. The summed E-state index contributed by atoms with van der Waals surface area (Å²) < 4.78 is 133. The van der Waals surface area contributed by atoms with Gasteiger partial charge in [-0.2, -0.15) is 39.5 Å². The number of carbonyl (C=O) groups is 1. The third kappa shape index (κ3) is 6.85. The Hall–Kier alpha value is -4.10. The van der Waals surface area contributed by atoms with Crippen molar-refractivity contribution >= 4 is 11.8 Å². The average molecular weight is 661 g/mol. The van der Waals surface area contributed by atoms with E-state index in [2.05, 4.69) is 4.90 Å². The number of anilines is 1. The Morgan fingerprint density at radius 1 is 0.761 bits per heavy atom. The summed E-state index contributed by atoms with van der Waals surface area (Å²) in [4.78, 5) is 16.2. The van der Waals surface area contributed by atoms with Crippen molar-refractivity contribution in [3.63, 3.8) is 0 Å². The zero-order valence-corrected chi connectivity index (χ0v) is 24.6. The zero-order chi connectivity index (χ0) is 33.6. The highest BCUT2D eigenvalue weighted by Gasteiger charge is 2.44. The monoisotopic (exact) mass is 660 g/mol. The number of alkyl halides is 9.